The molecule has 0 aromatic rings. The molecule has 1 amide bonds. The van der Waals surface area contributed by atoms with Gasteiger partial charge in [-0.25, -0.2) is 0 Å². The largest absolute Gasteiger partial charge is 0.756 e. The lowest BCUT2D eigenvalue weighted by Gasteiger charge is -2.29. The Labute approximate surface area is 516 Å². The van der Waals surface area contributed by atoms with E-state index in [0.717, 1.165) is 64.2 Å². The molecule has 2 N–H and O–H groups in total. The first-order chi connectivity index (χ1) is 40.5. The second kappa shape index (κ2) is 64.4. The quantitative estimate of drug-likeness (QED) is 0.0272. The molecule has 8 nitrogen and oxygen atoms in total. The molecule has 0 saturated carbocycles. The molecule has 0 saturated heterocycles. The Morgan fingerprint density at radius 1 is 0.434 bits per heavy atom. The summed E-state index contributed by atoms with van der Waals surface area (Å²) in [5, 5.41) is 14.0. The van der Waals surface area contributed by atoms with Gasteiger partial charge in [-0.05, 0) is 70.6 Å². The Bertz CT molecular complexity index is 1580. The minimum absolute atomic E-state index is 0.00651. The molecular weight excluding hydrogens is 1040 g/mol. The van der Waals surface area contributed by atoms with Crippen molar-refractivity contribution >= 4 is 13.7 Å². The third-order valence-electron chi connectivity index (χ3n) is 16.2. The van der Waals surface area contributed by atoms with E-state index in [9.17, 15) is 19.4 Å². The van der Waals surface area contributed by atoms with Gasteiger partial charge in [0.2, 0.25) is 5.91 Å². The lowest BCUT2D eigenvalue weighted by molar-refractivity contribution is -0.870. The fourth-order valence-electron chi connectivity index (χ4n) is 10.6. The van der Waals surface area contributed by atoms with Gasteiger partial charge in [-0.3, -0.25) is 9.36 Å². The van der Waals surface area contributed by atoms with Crippen molar-refractivity contribution in [2.24, 2.45) is 0 Å². The van der Waals surface area contributed by atoms with Gasteiger partial charge in [0.15, 0.2) is 0 Å². The molecule has 0 aliphatic rings. The van der Waals surface area contributed by atoms with Crippen LogP contribution in [0.1, 0.15) is 341 Å². The number of aliphatic hydroxyl groups excluding tert-OH is 1. The summed E-state index contributed by atoms with van der Waals surface area (Å²) in [7, 11) is 1.25. The summed E-state index contributed by atoms with van der Waals surface area (Å²) >= 11 is 0. The predicted molar refractivity (Wildman–Crippen MR) is 362 cm³/mol. The number of carbonyl (C=O) groups is 1. The summed E-state index contributed by atoms with van der Waals surface area (Å²) in [6.07, 6.45) is 90.4. The molecule has 3 atom stereocenters. The molecule has 0 bridgehead atoms. The number of carbonyl (C=O) groups excluding carboxylic acids is 1. The highest BCUT2D eigenvalue weighted by molar-refractivity contribution is 7.45. The van der Waals surface area contributed by atoms with Crippen molar-refractivity contribution in [3.05, 3.63) is 72.9 Å². The summed E-state index contributed by atoms with van der Waals surface area (Å²) in [6.45, 7) is 4.56. The van der Waals surface area contributed by atoms with Crippen molar-refractivity contribution in [2.75, 3.05) is 40.9 Å². The van der Waals surface area contributed by atoms with Gasteiger partial charge < -0.3 is 28.8 Å². The fraction of sp³-hybridized carbons (Fsp3) is 0.824. The number of unbranched alkanes of at least 4 members (excludes halogenated alkanes) is 43. The number of phosphoric acid groups is 1. The number of rotatable bonds is 66. The highest BCUT2D eigenvalue weighted by atomic mass is 31.2. The van der Waals surface area contributed by atoms with Crippen LogP contribution >= 0.6 is 7.82 Å². The molecule has 83 heavy (non-hydrogen) atoms. The van der Waals surface area contributed by atoms with E-state index in [1.54, 1.807) is 6.08 Å². The maximum absolute atomic E-state index is 13.0. The molecule has 3 unspecified atom stereocenters. The Morgan fingerprint density at radius 2 is 0.747 bits per heavy atom. The van der Waals surface area contributed by atoms with Gasteiger partial charge in [-0.1, -0.05) is 337 Å². The molecule has 0 aromatic heterocycles. The van der Waals surface area contributed by atoms with E-state index in [2.05, 4.69) is 79.9 Å². The van der Waals surface area contributed by atoms with Crippen LogP contribution in [-0.2, 0) is 18.4 Å². The zero-order chi connectivity index (χ0) is 60.5. The van der Waals surface area contributed by atoms with E-state index in [4.69, 9.17) is 9.05 Å². The molecular formula is C74H139N2O6P. The van der Waals surface area contributed by atoms with Crippen LogP contribution in [-0.4, -0.2) is 68.5 Å². The standard InChI is InChI=1S/C74H139N2O6P/c1-6-8-10-12-14-16-18-20-22-24-26-28-30-32-34-36-37-38-39-40-42-44-46-48-50-52-54-56-58-60-62-64-66-68-74(78)75-72(71-82-83(79,80)81-70-69-76(3,4)5)73(77)67-65-63-61-59-57-55-53-51-49-47-45-43-41-35-33-31-29-27-25-23-21-19-17-15-13-11-9-7-2/h8,10,14,16,20,22,26,28,57,59,65,67,72-73,77H,6-7,9,11-13,15,17-19,21,23-25,27,29-56,58,60-64,66,68-71H2,1-5H3,(H-,75,78,79,80)/b10-8-,16-14-,22-20-,28-26-,59-57+,67-65+. The van der Waals surface area contributed by atoms with Crippen molar-refractivity contribution in [3.63, 3.8) is 0 Å². The van der Waals surface area contributed by atoms with Gasteiger partial charge >= 0.3 is 0 Å². The molecule has 0 spiro atoms. The maximum atomic E-state index is 13.0. The van der Waals surface area contributed by atoms with Gasteiger partial charge in [-0.15, -0.1) is 0 Å². The van der Waals surface area contributed by atoms with E-state index < -0.39 is 26.6 Å². The summed E-state index contributed by atoms with van der Waals surface area (Å²) in [5.74, 6) is -0.202. The number of allylic oxidation sites excluding steroid dienone is 11. The Kier molecular flexibility index (Phi) is 62.8. The van der Waals surface area contributed by atoms with Gasteiger partial charge in [-0.2, -0.15) is 0 Å². The van der Waals surface area contributed by atoms with Gasteiger partial charge in [0.05, 0.1) is 39.9 Å². The van der Waals surface area contributed by atoms with Gasteiger partial charge in [0.25, 0.3) is 7.82 Å². The van der Waals surface area contributed by atoms with Crippen LogP contribution in [0.15, 0.2) is 72.9 Å². The molecule has 0 fully saturated rings. The van der Waals surface area contributed by atoms with E-state index in [1.807, 2.05) is 27.2 Å². The Hall–Kier alpha value is -2.06. The molecule has 9 heteroatoms. The Balaban J connectivity index is 4.06. The van der Waals surface area contributed by atoms with Crippen molar-refractivity contribution in [3.8, 4) is 0 Å². The summed E-state index contributed by atoms with van der Waals surface area (Å²) in [6, 6.07) is -0.906. The molecule has 0 aromatic carbocycles. The van der Waals surface area contributed by atoms with Crippen molar-refractivity contribution in [2.45, 2.75) is 353 Å². The number of nitrogens with zero attached hydrogens (tertiary/aromatic N) is 1. The average molecular weight is 1180 g/mol. The highest BCUT2D eigenvalue weighted by Crippen LogP contribution is 2.38. The van der Waals surface area contributed by atoms with Crippen LogP contribution in [0, 0.1) is 0 Å². The molecule has 486 valence electrons. The number of nitrogens with one attached hydrogen (secondary N) is 1. The lowest BCUT2D eigenvalue weighted by Crippen LogP contribution is -2.45. The first-order valence-electron chi connectivity index (χ1n) is 35.8. The smallest absolute Gasteiger partial charge is 0.268 e. The number of hydrogen-bond donors (Lipinski definition) is 2. The maximum Gasteiger partial charge on any atom is 0.268 e. The van der Waals surface area contributed by atoms with Crippen LogP contribution < -0.4 is 10.2 Å². The van der Waals surface area contributed by atoms with Crippen molar-refractivity contribution < 1.29 is 32.9 Å². The molecule has 0 aliphatic carbocycles. The zero-order valence-electron chi connectivity index (χ0n) is 55.6. The van der Waals surface area contributed by atoms with Crippen molar-refractivity contribution in [1.29, 1.82) is 0 Å². The third kappa shape index (κ3) is 67.3. The molecule has 0 radical (unpaired) electrons. The first-order valence-corrected chi connectivity index (χ1v) is 37.3. The second-order valence-electron chi connectivity index (χ2n) is 25.6. The second-order valence-corrected chi connectivity index (χ2v) is 27.0. The highest BCUT2D eigenvalue weighted by Gasteiger charge is 2.23. The number of quaternary nitrogens is 1. The monoisotopic (exact) mass is 1180 g/mol. The third-order valence-corrected chi connectivity index (χ3v) is 17.1. The van der Waals surface area contributed by atoms with Crippen LogP contribution in [0.25, 0.3) is 0 Å². The van der Waals surface area contributed by atoms with Crippen LogP contribution in [0.5, 0.6) is 0 Å². The minimum atomic E-state index is -4.61. The summed E-state index contributed by atoms with van der Waals surface area (Å²) in [4.78, 5) is 25.6. The van der Waals surface area contributed by atoms with E-state index in [-0.39, 0.29) is 12.5 Å². The number of amides is 1. The van der Waals surface area contributed by atoms with E-state index >= 15 is 0 Å². The topological polar surface area (TPSA) is 108 Å². The SMILES string of the molecule is CC/C=C\C/C=C\C/C=C\C/C=C\CCCCCCCCCCCCCCCCCCCCCCC(=O)NC(COP(=O)([O-])OCC[N+](C)(C)C)C(O)/C=C/CC/C=C/CCCCCCCCCCCCCCCCCCCCCCCC. The van der Waals surface area contributed by atoms with Gasteiger partial charge in [0, 0.05) is 6.42 Å². The summed E-state index contributed by atoms with van der Waals surface area (Å²) in [5.41, 5.74) is 0. The van der Waals surface area contributed by atoms with Gasteiger partial charge in [0.1, 0.15) is 13.2 Å². The minimum Gasteiger partial charge on any atom is -0.756 e. The van der Waals surface area contributed by atoms with Crippen LogP contribution in [0.3, 0.4) is 0 Å². The van der Waals surface area contributed by atoms with E-state index in [1.165, 1.54) is 257 Å². The predicted octanol–water partition coefficient (Wildman–Crippen LogP) is 22.3. The van der Waals surface area contributed by atoms with Crippen molar-refractivity contribution in [1.82, 2.24) is 5.32 Å². The Morgan fingerprint density at radius 3 is 1.12 bits per heavy atom. The number of aliphatic hydroxyl groups is 1. The molecule has 0 heterocycles. The molecule has 0 aliphatic heterocycles. The fourth-order valence-corrected chi connectivity index (χ4v) is 11.4. The normalized spacial score (nSPS) is 14.1. The number of hydrogen-bond acceptors (Lipinski definition) is 6. The average Bonchev–Trinajstić information content (AvgIpc) is 3.49. The summed E-state index contributed by atoms with van der Waals surface area (Å²) < 4.78 is 23.5. The number of likely N-dealkylation sites (N-methyl/N-ethyl adjacent to an activating group) is 1. The zero-order valence-corrected chi connectivity index (χ0v) is 56.5. The lowest BCUT2D eigenvalue weighted by atomic mass is 10.0. The van der Waals surface area contributed by atoms with Crippen LogP contribution in [0.2, 0.25) is 0 Å². The van der Waals surface area contributed by atoms with E-state index in [0.29, 0.717) is 17.4 Å². The molecule has 0 rings (SSSR count). The first kappa shape index (κ1) is 80.9. The van der Waals surface area contributed by atoms with Crippen LogP contribution in [0.4, 0.5) is 0 Å². The number of phosphoric ester groups is 1.